The zero-order valence-corrected chi connectivity index (χ0v) is 14.2. The van der Waals surface area contributed by atoms with E-state index in [1.165, 1.54) is 0 Å². The molecule has 2 aromatic carbocycles. The van der Waals surface area contributed by atoms with Crippen molar-refractivity contribution in [1.82, 2.24) is 14.8 Å². The summed E-state index contributed by atoms with van der Waals surface area (Å²) >= 11 is 5.96. The number of benzene rings is 2. The van der Waals surface area contributed by atoms with Gasteiger partial charge in [0.25, 0.3) is 5.56 Å². The molecular formula is C19H12ClN5O. The van der Waals surface area contributed by atoms with E-state index in [0.29, 0.717) is 27.2 Å². The molecule has 2 aromatic heterocycles. The zero-order chi connectivity index (χ0) is 18.3. The van der Waals surface area contributed by atoms with Crippen LogP contribution in [0.1, 0.15) is 5.56 Å². The molecule has 26 heavy (non-hydrogen) atoms. The highest BCUT2D eigenvalue weighted by molar-refractivity contribution is 6.30. The van der Waals surface area contributed by atoms with Crippen LogP contribution < -0.4 is 11.3 Å². The second-order valence-corrected chi connectivity index (χ2v) is 6.12. The van der Waals surface area contributed by atoms with Crippen molar-refractivity contribution >= 4 is 28.5 Å². The minimum absolute atomic E-state index is 0.0147. The number of nitriles is 1. The SMILES string of the molecule is N#Cc1c(-c2ccc(Cl)cc2)c2c(N)nn(-c3ccccc3)c2[nH]c1=O. The predicted octanol–water partition coefficient (Wildman–Crippen LogP) is 3.49. The number of halogens is 1. The monoisotopic (exact) mass is 361 g/mol. The Bertz CT molecular complexity index is 1220. The number of anilines is 1. The maximum absolute atomic E-state index is 12.5. The van der Waals surface area contributed by atoms with Gasteiger partial charge in [0, 0.05) is 10.6 Å². The first-order valence-corrected chi connectivity index (χ1v) is 8.14. The van der Waals surface area contributed by atoms with E-state index in [1.54, 1.807) is 28.9 Å². The van der Waals surface area contributed by atoms with Gasteiger partial charge in [-0.25, -0.2) is 4.68 Å². The van der Waals surface area contributed by atoms with Crippen LogP contribution in [0.15, 0.2) is 59.4 Å². The summed E-state index contributed by atoms with van der Waals surface area (Å²) in [5, 5.41) is 15.0. The van der Waals surface area contributed by atoms with Gasteiger partial charge in [-0.3, -0.25) is 4.79 Å². The van der Waals surface area contributed by atoms with Crippen molar-refractivity contribution in [1.29, 1.82) is 5.26 Å². The van der Waals surface area contributed by atoms with Gasteiger partial charge < -0.3 is 10.7 Å². The Morgan fingerprint density at radius 3 is 2.46 bits per heavy atom. The van der Waals surface area contributed by atoms with Gasteiger partial charge in [0.1, 0.15) is 17.3 Å². The first kappa shape index (κ1) is 15.9. The summed E-state index contributed by atoms with van der Waals surface area (Å²) in [5.74, 6) is 0.224. The third-order valence-electron chi connectivity index (χ3n) is 4.12. The number of aromatic nitrogens is 3. The first-order chi connectivity index (χ1) is 12.6. The highest BCUT2D eigenvalue weighted by Gasteiger charge is 2.21. The molecule has 0 aliphatic rings. The number of nitrogen functional groups attached to an aromatic ring is 1. The van der Waals surface area contributed by atoms with E-state index in [-0.39, 0.29) is 11.4 Å². The van der Waals surface area contributed by atoms with Gasteiger partial charge in [0.05, 0.1) is 11.1 Å². The fourth-order valence-corrected chi connectivity index (χ4v) is 3.10. The van der Waals surface area contributed by atoms with E-state index >= 15 is 0 Å². The molecule has 0 unspecified atom stereocenters. The van der Waals surface area contributed by atoms with Crippen molar-refractivity contribution in [3.05, 3.63) is 75.5 Å². The number of aromatic amines is 1. The van der Waals surface area contributed by atoms with E-state index in [4.69, 9.17) is 17.3 Å². The van der Waals surface area contributed by atoms with Crippen LogP contribution in [0.5, 0.6) is 0 Å². The van der Waals surface area contributed by atoms with Crippen LogP contribution in [-0.2, 0) is 0 Å². The Balaban J connectivity index is 2.14. The smallest absolute Gasteiger partial charge is 0.268 e. The van der Waals surface area contributed by atoms with Crippen molar-refractivity contribution in [2.45, 2.75) is 0 Å². The molecule has 0 aliphatic carbocycles. The van der Waals surface area contributed by atoms with Gasteiger partial charge in [-0.15, -0.1) is 5.10 Å². The largest absolute Gasteiger partial charge is 0.382 e. The number of nitrogens with one attached hydrogen (secondary N) is 1. The summed E-state index contributed by atoms with van der Waals surface area (Å²) in [7, 11) is 0. The van der Waals surface area contributed by atoms with Crippen LogP contribution in [-0.4, -0.2) is 14.8 Å². The lowest BCUT2D eigenvalue weighted by atomic mass is 9.98. The number of hydrogen-bond acceptors (Lipinski definition) is 4. The molecule has 0 fully saturated rings. The molecule has 2 heterocycles. The Hall–Kier alpha value is -3.56. The van der Waals surface area contributed by atoms with Gasteiger partial charge in [0.2, 0.25) is 0 Å². The maximum Gasteiger partial charge on any atom is 0.268 e. The molecule has 0 saturated carbocycles. The maximum atomic E-state index is 12.5. The fraction of sp³-hybridized carbons (Fsp3) is 0. The molecule has 6 nitrogen and oxygen atoms in total. The van der Waals surface area contributed by atoms with Gasteiger partial charge in [-0.2, -0.15) is 5.26 Å². The summed E-state index contributed by atoms with van der Waals surface area (Å²) in [5.41, 5.74) is 7.95. The molecule has 7 heteroatoms. The molecule has 0 amide bonds. The summed E-state index contributed by atoms with van der Waals surface area (Å²) in [6, 6.07) is 18.2. The molecule has 4 aromatic rings. The average molecular weight is 362 g/mol. The molecule has 0 radical (unpaired) electrons. The van der Waals surface area contributed by atoms with E-state index in [9.17, 15) is 10.1 Å². The topological polar surface area (TPSA) is 100 Å². The standard InChI is InChI=1S/C19H12ClN5O/c20-12-8-6-11(7-9-12)15-14(10-21)19(26)23-18-16(15)17(22)24-25(18)13-4-2-1-3-5-13/h1-9H,(H2,22,24)(H,23,26). The number of para-hydroxylation sites is 1. The van der Waals surface area contributed by atoms with E-state index < -0.39 is 5.56 Å². The van der Waals surface area contributed by atoms with Crippen LogP contribution >= 0.6 is 11.6 Å². The Morgan fingerprint density at radius 2 is 1.81 bits per heavy atom. The van der Waals surface area contributed by atoms with Crippen LogP contribution in [0.4, 0.5) is 5.82 Å². The van der Waals surface area contributed by atoms with Crippen molar-refractivity contribution in [2.75, 3.05) is 5.73 Å². The second-order valence-electron chi connectivity index (χ2n) is 5.68. The number of H-pyrrole nitrogens is 1. The molecule has 0 atom stereocenters. The lowest BCUT2D eigenvalue weighted by Gasteiger charge is -2.08. The number of pyridine rings is 1. The lowest BCUT2D eigenvalue weighted by molar-refractivity contribution is 0.900. The number of nitrogens with zero attached hydrogens (tertiary/aromatic N) is 3. The highest BCUT2D eigenvalue weighted by Crippen LogP contribution is 2.34. The van der Waals surface area contributed by atoms with Gasteiger partial charge >= 0.3 is 0 Å². The van der Waals surface area contributed by atoms with Crippen molar-refractivity contribution < 1.29 is 0 Å². The summed E-state index contributed by atoms with van der Waals surface area (Å²) < 4.78 is 1.56. The van der Waals surface area contributed by atoms with Gasteiger partial charge in [-0.05, 0) is 29.8 Å². The quantitative estimate of drug-likeness (QED) is 0.570. The third-order valence-corrected chi connectivity index (χ3v) is 4.37. The molecule has 0 spiro atoms. The molecular weight excluding hydrogens is 350 g/mol. The van der Waals surface area contributed by atoms with Gasteiger partial charge in [0.15, 0.2) is 5.82 Å². The normalized spacial score (nSPS) is 10.8. The fourth-order valence-electron chi connectivity index (χ4n) is 2.97. The van der Waals surface area contributed by atoms with E-state index in [1.807, 2.05) is 36.4 Å². The third kappa shape index (κ3) is 2.42. The van der Waals surface area contributed by atoms with Crippen LogP contribution in [0.3, 0.4) is 0 Å². The molecule has 0 bridgehead atoms. The first-order valence-electron chi connectivity index (χ1n) is 7.76. The Kier molecular flexibility index (Phi) is 3.72. The molecule has 0 saturated heterocycles. The minimum atomic E-state index is -0.498. The van der Waals surface area contributed by atoms with Crippen molar-refractivity contribution in [3.8, 4) is 22.9 Å². The number of nitrogens with two attached hydrogens (primary N) is 1. The molecule has 0 aliphatic heterocycles. The van der Waals surface area contributed by atoms with Gasteiger partial charge in [-0.1, -0.05) is 41.9 Å². The van der Waals surface area contributed by atoms with Crippen LogP contribution in [0.25, 0.3) is 27.8 Å². The van der Waals surface area contributed by atoms with Crippen molar-refractivity contribution in [3.63, 3.8) is 0 Å². The second kappa shape index (κ2) is 6.06. The van der Waals surface area contributed by atoms with E-state index in [2.05, 4.69) is 10.1 Å². The van der Waals surface area contributed by atoms with Crippen LogP contribution in [0, 0.1) is 11.3 Å². The lowest BCUT2D eigenvalue weighted by Crippen LogP contribution is -2.13. The Labute approximate surface area is 153 Å². The minimum Gasteiger partial charge on any atom is -0.382 e. The zero-order valence-electron chi connectivity index (χ0n) is 13.4. The average Bonchev–Trinajstić information content (AvgIpc) is 2.98. The predicted molar refractivity (Wildman–Crippen MR) is 101 cm³/mol. The van der Waals surface area contributed by atoms with E-state index in [0.717, 1.165) is 5.69 Å². The number of rotatable bonds is 2. The summed E-state index contributed by atoms with van der Waals surface area (Å²) in [4.78, 5) is 15.3. The van der Waals surface area contributed by atoms with Crippen molar-refractivity contribution in [2.24, 2.45) is 0 Å². The number of fused-ring (bicyclic) bond motifs is 1. The molecule has 3 N–H and O–H groups in total. The molecule has 126 valence electrons. The number of hydrogen-bond donors (Lipinski definition) is 2. The van der Waals surface area contributed by atoms with Crippen LogP contribution in [0.2, 0.25) is 5.02 Å². The molecule has 4 rings (SSSR count). The summed E-state index contributed by atoms with van der Waals surface area (Å²) in [6.45, 7) is 0. The summed E-state index contributed by atoms with van der Waals surface area (Å²) in [6.07, 6.45) is 0. The highest BCUT2D eigenvalue weighted by atomic mass is 35.5. The Morgan fingerprint density at radius 1 is 1.12 bits per heavy atom.